The van der Waals surface area contributed by atoms with Crippen molar-refractivity contribution in [1.82, 2.24) is 5.32 Å². The van der Waals surface area contributed by atoms with Crippen LogP contribution >= 0.6 is 0 Å². The fourth-order valence-corrected chi connectivity index (χ4v) is 1.78. The predicted octanol–water partition coefficient (Wildman–Crippen LogP) is 1.22. The summed E-state index contributed by atoms with van der Waals surface area (Å²) in [5.41, 5.74) is 2.22. The number of aliphatic hydroxyl groups is 1. The molecular weight excluding hydrogens is 214 g/mol. The molecule has 17 heavy (non-hydrogen) atoms. The van der Waals surface area contributed by atoms with Crippen LogP contribution in [0.3, 0.4) is 0 Å². The first-order valence-electron chi connectivity index (χ1n) is 6.13. The Hall–Kier alpha value is -1.55. The smallest absolute Gasteiger partial charge is 0.128 e. The Bertz CT molecular complexity index is 373. The second-order valence-electron chi connectivity index (χ2n) is 4.09. The maximum atomic E-state index is 8.69. The molecule has 1 aromatic carbocycles. The lowest BCUT2D eigenvalue weighted by molar-refractivity contribution is 0.292. The van der Waals surface area contributed by atoms with Crippen molar-refractivity contribution in [1.29, 1.82) is 0 Å². The molecular formula is C13H19N3O. The van der Waals surface area contributed by atoms with E-state index in [1.807, 2.05) is 12.1 Å². The Morgan fingerprint density at radius 2 is 2.12 bits per heavy atom. The predicted molar refractivity (Wildman–Crippen MR) is 70.7 cm³/mol. The van der Waals surface area contributed by atoms with Crippen molar-refractivity contribution in [3.63, 3.8) is 0 Å². The van der Waals surface area contributed by atoms with Crippen LogP contribution < -0.4 is 10.6 Å². The average Bonchev–Trinajstić information content (AvgIpc) is 2.41. The highest BCUT2D eigenvalue weighted by molar-refractivity contribution is 5.99. The van der Waals surface area contributed by atoms with Gasteiger partial charge in [-0.25, -0.2) is 0 Å². The highest BCUT2D eigenvalue weighted by Gasteiger charge is 2.06. The molecule has 4 nitrogen and oxygen atoms in total. The molecule has 0 saturated heterocycles. The third kappa shape index (κ3) is 3.46. The van der Waals surface area contributed by atoms with E-state index in [9.17, 15) is 0 Å². The van der Waals surface area contributed by atoms with Gasteiger partial charge in [-0.1, -0.05) is 0 Å². The van der Waals surface area contributed by atoms with Gasteiger partial charge in [-0.2, -0.15) is 0 Å². The Morgan fingerprint density at radius 1 is 1.29 bits per heavy atom. The molecule has 4 heteroatoms. The van der Waals surface area contributed by atoms with Crippen molar-refractivity contribution in [3.8, 4) is 0 Å². The van der Waals surface area contributed by atoms with Gasteiger partial charge in [0.2, 0.25) is 0 Å². The number of nitrogens with zero attached hydrogens (tertiary/aromatic N) is 1. The first kappa shape index (κ1) is 11.9. The van der Waals surface area contributed by atoms with E-state index in [4.69, 9.17) is 5.11 Å². The fraction of sp³-hybridized carbons (Fsp3) is 0.462. The number of anilines is 1. The Kier molecular flexibility index (Phi) is 4.38. The maximum absolute atomic E-state index is 8.69. The Morgan fingerprint density at radius 3 is 2.76 bits per heavy atom. The first-order chi connectivity index (χ1) is 8.40. The minimum absolute atomic E-state index is 0.228. The van der Waals surface area contributed by atoms with Crippen LogP contribution in [0.2, 0.25) is 0 Å². The van der Waals surface area contributed by atoms with Crippen LogP contribution in [0.15, 0.2) is 29.3 Å². The lowest BCUT2D eigenvalue weighted by Gasteiger charge is -2.15. The number of benzene rings is 1. The molecule has 0 atom stereocenters. The molecule has 0 fully saturated rings. The minimum Gasteiger partial charge on any atom is -0.396 e. The van der Waals surface area contributed by atoms with E-state index in [2.05, 4.69) is 27.8 Å². The van der Waals surface area contributed by atoms with Crippen molar-refractivity contribution < 1.29 is 5.11 Å². The van der Waals surface area contributed by atoms with Crippen molar-refractivity contribution in [2.75, 3.05) is 31.6 Å². The number of rotatable bonds is 5. The average molecular weight is 233 g/mol. The first-order valence-corrected chi connectivity index (χ1v) is 6.13. The van der Waals surface area contributed by atoms with Crippen molar-refractivity contribution >= 4 is 11.5 Å². The van der Waals surface area contributed by atoms with Crippen LogP contribution in [0.5, 0.6) is 0 Å². The fourth-order valence-electron chi connectivity index (χ4n) is 1.78. The molecule has 1 aliphatic rings. The molecule has 2 rings (SSSR count). The van der Waals surface area contributed by atoms with Gasteiger partial charge in [0.15, 0.2) is 0 Å². The van der Waals surface area contributed by atoms with Gasteiger partial charge >= 0.3 is 0 Å². The highest BCUT2D eigenvalue weighted by atomic mass is 16.3. The molecule has 0 bridgehead atoms. The van der Waals surface area contributed by atoms with Crippen molar-refractivity contribution in [3.05, 3.63) is 29.8 Å². The molecule has 92 valence electrons. The van der Waals surface area contributed by atoms with E-state index in [0.29, 0.717) is 0 Å². The summed E-state index contributed by atoms with van der Waals surface area (Å²) in [6.45, 7) is 2.95. The van der Waals surface area contributed by atoms with E-state index in [0.717, 1.165) is 49.6 Å². The monoisotopic (exact) mass is 233 g/mol. The SMILES string of the molecule is OCCCNc1ccc(C2=NCCCN2)cc1. The van der Waals surface area contributed by atoms with Gasteiger partial charge in [0, 0.05) is 37.5 Å². The summed E-state index contributed by atoms with van der Waals surface area (Å²) in [6.07, 6.45) is 1.89. The summed E-state index contributed by atoms with van der Waals surface area (Å²) in [6, 6.07) is 8.23. The second-order valence-corrected chi connectivity index (χ2v) is 4.09. The molecule has 0 spiro atoms. The molecule has 0 aromatic heterocycles. The summed E-state index contributed by atoms with van der Waals surface area (Å²) in [5.74, 6) is 0.998. The van der Waals surface area contributed by atoms with Gasteiger partial charge in [0.25, 0.3) is 0 Å². The van der Waals surface area contributed by atoms with E-state index in [1.165, 1.54) is 0 Å². The zero-order chi connectivity index (χ0) is 11.9. The number of aliphatic imine (C=N–C) groups is 1. The third-order valence-corrected chi connectivity index (χ3v) is 2.72. The standard InChI is InChI=1S/C13H19N3O/c17-10-2-9-14-12-5-3-11(4-6-12)13-15-7-1-8-16-13/h3-6,14,17H,1-2,7-10H2,(H,15,16). The van der Waals surface area contributed by atoms with Crippen LogP contribution in [0, 0.1) is 0 Å². The third-order valence-electron chi connectivity index (χ3n) is 2.72. The number of hydrogen-bond acceptors (Lipinski definition) is 4. The summed E-state index contributed by atoms with van der Waals surface area (Å²) in [5, 5.41) is 15.3. The molecule has 0 amide bonds. The molecule has 1 aliphatic heterocycles. The number of hydrogen-bond donors (Lipinski definition) is 3. The van der Waals surface area contributed by atoms with E-state index < -0.39 is 0 Å². The highest BCUT2D eigenvalue weighted by Crippen LogP contribution is 2.10. The number of nitrogens with one attached hydrogen (secondary N) is 2. The molecule has 0 saturated carbocycles. The minimum atomic E-state index is 0.228. The summed E-state index contributed by atoms with van der Waals surface area (Å²) in [7, 11) is 0. The zero-order valence-corrected chi connectivity index (χ0v) is 9.95. The van der Waals surface area contributed by atoms with Gasteiger partial charge < -0.3 is 15.7 Å². The lowest BCUT2D eigenvalue weighted by atomic mass is 10.1. The van der Waals surface area contributed by atoms with E-state index in [-0.39, 0.29) is 6.61 Å². The van der Waals surface area contributed by atoms with Gasteiger partial charge in [-0.3, -0.25) is 4.99 Å². The summed E-state index contributed by atoms with van der Waals surface area (Å²) in [4.78, 5) is 4.46. The second kappa shape index (κ2) is 6.25. The molecule has 3 N–H and O–H groups in total. The lowest BCUT2D eigenvalue weighted by Crippen LogP contribution is -2.30. The number of amidine groups is 1. The van der Waals surface area contributed by atoms with Gasteiger partial charge in [0.1, 0.15) is 5.84 Å². The van der Waals surface area contributed by atoms with Gasteiger partial charge in [-0.05, 0) is 37.1 Å². The molecule has 0 unspecified atom stereocenters. The van der Waals surface area contributed by atoms with Gasteiger partial charge in [0.05, 0.1) is 0 Å². The van der Waals surface area contributed by atoms with Crippen LogP contribution in [0.4, 0.5) is 5.69 Å². The molecule has 1 aromatic rings. The van der Waals surface area contributed by atoms with E-state index >= 15 is 0 Å². The van der Waals surface area contributed by atoms with Crippen LogP contribution in [0.25, 0.3) is 0 Å². The Balaban J connectivity index is 1.95. The molecule has 1 heterocycles. The van der Waals surface area contributed by atoms with Crippen molar-refractivity contribution in [2.45, 2.75) is 12.8 Å². The number of aliphatic hydroxyl groups excluding tert-OH is 1. The maximum Gasteiger partial charge on any atom is 0.128 e. The topological polar surface area (TPSA) is 56.6 Å². The van der Waals surface area contributed by atoms with E-state index in [1.54, 1.807) is 0 Å². The van der Waals surface area contributed by atoms with Crippen molar-refractivity contribution in [2.24, 2.45) is 4.99 Å². The normalized spacial score (nSPS) is 15.0. The molecule has 0 radical (unpaired) electrons. The Labute approximate surface area is 102 Å². The quantitative estimate of drug-likeness (QED) is 0.670. The van der Waals surface area contributed by atoms with Crippen LogP contribution in [-0.2, 0) is 0 Å². The van der Waals surface area contributed by atoms with Crippen LogP contribution in [-0.4, -0.2) is 37.2 Å². The molecule has 0 aliphatic carbocycles. The zero-order valence-electron chi connectivity index (χ0n) is 9.95. The largest absolute Gasteiger partial charge is 0.396 e. The van der Waals surface area contributed by atoms with Gasteiger partial charge in [-0.15, -0.1) is 0 Å². The summed E-state index contributed by atoms with van der Waals surface area (Å²) >= 11 is 0. The summed E-state index contributed by atoms with van der Waals surface area (Å²) < 4.78 is 0. The van der Waals surface area contributed by atoms with Crippen LogP contribution in [0.1, 0.15) is 18.4 Å².